The second-order valence-electron chi connectivity index (χ2n) is 8.01. The molecule has 0 radical (unpaired) electrons. The Morgan fingerprint density at radius 3 is 2.59 bits per heavy atom. The van der Waals surface area contributed by atoms with Crippen LogP contribution in [0.5, 0.6) is 0 Å². The zero-order valence-electron chi connectivity index (χ0n) is 17.1. The van der Waals surface area contributed by atoms with Gasteiger partial charge in [0.25, 0.3) is 0 Å². The number of rotatable bonds is 3. The van der Waals surface area contributed by atoms with Gasteiger partial charge in [0.15, 0.2) is 0 Å². The third-order valence-electron chi connectivity index (χ3n) is 5.32. The van der Waals surface area contributed by atoms with E-state index in [4.69, 9.17) is 16.3 Å². The molecule has 154 valence electrons. The lowest BCUT2D eigenvalue weighted by Gasteiger charge is -2.29. The van der Waals surface area contributed by atoms with Gasteiger partial charge in [0, 0.05) is 12.8 Å². The van der Waals surface area contributed by atoms with Crippen LogP contribution in [0.2, 0.25) is 0 Å². The fourth-order valence-corrected chi connectivity index (χ4v) is 3.56. The summed E-state index contributed by atoms with van der Waals surface area (Å²) < 4.78 is 5.13. The van der Waals surface area contributed by atoms with E-state index in [1.807, 2.05) is 13.8 Å². The van der Waals surface area contributed by atoms with Crippen LogP contribution in [0.1, 0.15) is 66.2 Å². The van der Waals surface area contributed by atoms with Crippen molar-refractivity contribution in [3.8, 4) is 0 Å². The number of halogens is 1. The van der Waals surface area contributed by atoms with Crippen molar-refractivity contribution in [1.82, 2.24) is 0 Å². The highest BCUT2D eigenvalue weighted by atomic mass is 35.5. The predicted molar refractivity (Wildman–Crippen MR) is 111 cm³/mol. The molecular formula is C22H35ClO4. The number of hydrogen-bond acceptors (Lipinski definition) is 4. The van der Waals surface area contributed by atoms with Crippen LogP contribution in [-0.4, -0.2) is 39.9 Å². The summed E-state index contributed by atoms with van der Waals surface area (Å²) in [5.41, 5.74) is 2.97. The molecule has 0 saturated heterocycles. The quantitative estimate of drug-likeness (QED) is 0.411. The van der Waals surface area contributed by atoms with Gasteiger partial charge in [-0.3, -0.25) is 4.79 Å². The minimum atomic E-state index is -0.716. The van der Waals surface area contributed by atoms with Crippen LogP contribution in [0.15, 0.2) is 35.5 Å². The molecule has 2 N–H and O–H groups in total. The molecule has 0 saturated carbocycles. The van der Waals surface area contributed by atoms with Gasteiger partial charge in [-0.05, 0) is 64.9 Å². The van der Waals surface area contributed by atoms with Gasteiger partial charge in [-0.2, -0.15) is 0 Å². The van der Waals surface area contributed by atoms with Gasteiger partial charge in [0.2, 0.25) is 0 Å². The van der Waals surface area contributed by atoms with E-state index >= 15 is 0 Å². The Morgan fingerprint density at radius 1 is 1.33 bits per heavy atom. The monoisotopic (exact) mass is 398 g/mol. The van der Waals surface area contributed by atoms with Gasteiger partial charge < -0.3 is 14.9 Å². The maximum absolute atomic E-state index is 11.2. The molecule has 4 nitrogen and oxygen atoms in total. The predicted octanol–water partition coefficient (Wildman–Crippen LogP) is 4.69. The first kappa shape index (κ1) is 23.9. The summed E-state index contributed by atoms with van der Waals surface area (Å²) in [6.45, 7) is 11.4. The molecule has 1 aliphatic carbocycles. The van der Waals surface area contributed by atoms with Gasteiger partial charge in [0.05, 0.1) is 17.1 Å². The SMILES string of the molecule is C=C(C)[C@H]1CC/C(C)=C/CC[C@@](C)(Cl)[C@H](O)CCC(COC(C)=O)=C[C@@H]1O. The normalized spacial score (nSPS) is 33.2. The highest BCUT2D eigenvalue weighted by Gasteiger charge is 2.30. The summed E-state index contributed by atoms with van der Waals surface area (Å²) >= 11 is 6.56. The molecule has 0 amide bonds. The Bertz CT molecular complexity index is 577. The van der Waals surface area contributed by atoms with Crippen LogP contribution in [0.25, 0.3) is 0 Å². The van der Waals surface area contributed by atoms with Crippen molar-refractivity contribution >= 4 is 17.6 Å². The molecule has 0 bridgehead atoms. The minimum absolute atomic E-state index is 0.0631. The maximum Gasteiger partial charge on any atom is 0.302 e. The summed E-state index contributed by atoms with van der Waals surface area (Å²) in [6, 6.07) is 0. The fraction of sp³-hybridized carbons (Fsp3) is 0.682. The van der Waals surface area contributed by atoms with E-state index in [1.54, 1.807) is 6.08 Å². The number of hydrogen-bond donors (Lipinski definition) is 2. The largest absolute Gasteiger partial charge is 0.461 e. The lowest BCUT2D eigenvalue weighted by molar-refractivity contribution is -0.140. The standard InChI is InChI=1S/C22H35ClO4/c1-15(2)19-10-8-16(3)7-6-12-22(5,23)21(26)11-9-18(13-20(19)25)14-27-17(4)24/h7,13,19-21,25-26H,1,6,8-12,14H2,2-5H3/b16-7+,18-13?/t19-,20+,21-,22-/m1/s1. The number of esters is 1. The average Bonchev–Trinajstić information content (AvgIpc) is 2.55. The summed E-state index contributed by atoms with van der Waals surface area (Å²) in [6.07, 6.45) is 6.64. The van der Waals surface area contributed by atoms with E-state index in [9.17, 15) is 15.0 Å². The molecule has 1 rings (SSSR count). The second-order valence-corrected chi connectivity index (χ2v) is 8.87. The first-order valence-corrected chi connectivity index (χ1v) is 10.1. The zero-order valence-corrected chi connectivity index (χ0v) is 17.9. The lowest BCUT2D eigenvalue weighted by atomic mass is 9.86. The molecule has 1 aliphatic rings. The first-order valence-electron chi connectivity index (χ1n) is 9.72. The molecular weight excluding hydrogens is 364 g/mol. The molecule has 0 aliphatic heterocycles. The van der Waals surface area contributed by atoms with Gasteiger partial charge in [0.1, 0.15) is 6.61 Å². The van der Waals surface area contributed by atoms with Gasteiger partial charge in [-0.1, -0.05) is 29.9 Å². The van der Waals surface area contributed by atoms with E-state index in [0.717, 1.165) is 30.4 Å². The highest BCUT2D eigenvalue weighted by Crippen LogP contribution is 2.31. The van der Waals surface area contributed by atoms with Crippen LogP contribution >= 0.6 is 11.6 Å². The number of alkyl halides is 1. The maximum atomic E-state index is 11.2. The summed E-state index contributed by atoms with van der Waals surface area (Å²) in [4.78, 5) is 10.5. The Morgan fingerprint density at radius 2 is 2.00 bits per heavy atom. The topological polar surface area (TPSA) is 66.8 Å². The molecule has 0 aromatic rings. The molecule has 5 heteroatoms. The molecule has 0 unspecified atom stereocenters. The van der Waals surface area contributed by atoms with E-state index in [1.165, 1.54) is 12.5 Å². The third kappa shape index (κ3) is 8.63. The van der Waals surface area contributed by atoms with Crippen molar-refractivity contribution in [3.63, 3.8) is 0 Å². The molecule has 0 fully saturated rings. The highest BCUT2D eigenvalue weighted by molar-refractivity contribution is 6.24. The fourth-order valence-electron chi connectivity index (χ4n) is 3.34. The number of allylic oxidation sites excluding steroid dienone is 2. The van der Waals surface area contributed by atoms with Crippen LogP contribution in [0, 0.1) is 5.92 Å². The van der Waals surface area contributed by atoms with Crippen molar-refractivity contribution in [3.05, 3.63) is 35.5 Å². The van der Waals surface area contributed by atoms with E-state index in [2.05, 4.69) is 19.6 Å². The number of carbonyl (C=O) groups is 1. The minimum Gasteiger partial charge on any atom is -0.461 e. The van der Waals surface area contributed by atoms with Crippen molar-refractivity contribution in [2.75, 3.05) is 6.61 Å². The van der Waals surface area contributed by atoms with Crippen molar-refractivity contribution < 1.29 is 19.7 Å². The van der Waals surface area contributed by atoms with E-state index < -0.39 is 17.1 Å². The summed E-state index contributed by atoms with van der Waals surface area (Å²) in [5, 5.41) is 21.3. The molecule has 0 spiro atoms. The molecule has 27 heavy (non-hydrogen) atoms. The van der Waals surface area contributed by atoms with Crippen LogP contribution < -0.4 is 0 Å². The Kier molecular flexibility index (Phi) is 9.78. The number of ether oxygens (including phenoxy) is 1. The Labute approximate surface area is 168 Å². The molecule has 0 aromatic carbocycles. The smallest absolute Gasteiger partial charge is 0.302 e. The Balaban J connectivity index is 3.10. The second kappa shape index (κ2) is 11.0. The molecule has 0 aromatic heterocycles. The van der Waals surface area contributed by atoms with Crippen LogP contribution in [-0.2, 0) is 9.53 Å². The summed E-state index contributed by atoms with van der Waals surface area (Å²) in [5.74, 6) is -0.434. The van der Waals surface area contributed by atoms with Gasteiger partial charge in [-0.15, -0.1) is 11.6 Å². The van der Waals surface area contributed by atoms with Gasteiger partial charge in [-0.25, -0.2) is 0 Å². The van der Waals surface area contributed by atoms with Crippen molar-refractivity contribution in [2.24, 2.45) is 5.92 Å². The number of aliphatic hydroxyl groups excluding tert-OH is 2. The van der Waals surface area contributed by atoms with Crippen LogP contribution in [0.4, 0.5) is 0 Å². The van der Waals surface area contributed by atoms with Crippen LogP contribution in [0.3, 0.4) is 0 Å². The van der Waals surface area contributed by atoms with Crippen molar-refractivity contribution in [2.45, 2.75) is 83.3 Å². The lowest BCUT2D eigenvalue weighted by Crippen LogP contribution is -2.33. The van der Waals surface area contributed by atoms with Crippen molar-refractivity contribution in [1.29, 1.82) is 0 Å². The number of carbonyl (C=O) groups excluding carboxylic acids is 1. The number of aliphatic hydroxyl groups is 2. The third-order valence-corrected chi connectivity index (χ3v) is 5.76. The van der Waals surface area contributed by atoms with E-state index in [-0.39, 0.29) is 18.5 Å². The first-order chi connectivity index (χ1) is 12.5. The summed E-state index contributed by atoms with van der Waals surface area (Å²) in [7, 11) is 0. The van der Waals surface area contributed by atoms with Gasteiger partial charge >= 0.3 is 5.97 Å². The molecule has 0 heterocycles. The zero-order chi connectivity index (χ0) is 20.6. The molecule has 4 atom stereocenters. The average molecular weight is 399 g/mol. The van der Waals surface area contributed by atoms with E-state index in [0.29, 0.717) is 19.3 Å². The Hall–Kier alpha value is -1.10.